The van der Waals surface area contributed by atoms with Crippen LogP contribution in [0.15, 0.2) is 18.2 Å². The third-order valence-corrected chi connectivity index (χ3v) is 2.56. The molecule has 76 valence electrons. The third-order valence-electron chi connectivity index (χ3n) is 2.56. The van der Waals surface area contributed by atoms with Crippen LogP contribution < -0.4 is 10.1 Å². The quantitative estimate of drug-likeness (QED) is 0.790. The van der Waals surface area contributed by atoms with E-state index in [4.69, 9.17) is 4.74 Å². The molecule has 2 nitrogen and oxygen atoms in total. The van der Waals surface area contributed by atoms with Crippen molar-refractivity contribution < 1.29 is 4.74 Å². The Balaban J connectivity index is 2.29. The maximum Gasteiger partial charge on any atom is 0.145 e. The predicted octanol–water partition coefficient (Wildman–Crippen LogP) is 2.83. The molecule has 14 heavy (non-hydrogen) atoms. The van der Waals surface area contributed by atoms with Crippen LogP contribution in [0.2, 0.25) is 0 Å². The van der Waals surface area contributed by atoms with E-state index in [0.29, 0.717) is 6.10 Å². The molecule has 1 aromatic carbocycles. The van der Waals surface area contributed by atoms with Crippen LogP contribution in [0.5, 0.6) is 5.75 Å². The zero-order valence-corrected chi connectivity index (χ0v) is 8.84. The van der Waals surface area contributed by atoms with Crippen LogP contribution in [0.3, 0.4) is 0 Å². The van der Waals surface area contributed by atoms with E-state index in [2.05, 4.69) is 30.4 Å². The molecule has 0 aromatic heterocycles. The van der Waals surface area contributed by atoms with Crippen LogP contribution in [-0.4, -0.2) is 13.2 Å². The maximum absolute atomic E-state index is 5.91. The molecule has 0 bridgehead atoms. The van der Waals surface area contributed by atoms with E-state index < -0.39 is 0 Å². The summed E-state index contributed by atoms with van der Waals surface area (Å²) in [5, 5.41) is 3.18. The second kappa shape index (κ2) is 3.91. The zero-order valence-electron chi connectivity index (χ0n) is 8.84. The zero-order chi connectivity index (χ0) is 9.97. The van der Waals surface area contributed by atoms with Gasteiger partial charge in [0.1, 0.15) is 5.75 Å². The van der Waals surface area contributed by atoms with Gasteiger partial charge in [-0.25, -0.2) is 0 Å². The largest absolute Gasteiger partial charge is 0.488 e. The lowest BCUT2D eigenvalue weighted by Crippen LogP contribution is -2.03. The summed E-state index contributed by atoms with van der Waals surface area (Å²) >= 11 is 0. The molecule has 0 spiro atoms. The summed E-state index contributed by atoms with van der Waals surface area (Å²) in [7, 11) is 1.94. The van der Waals surface area contributed by atoms with Crippen LogP contribution in [0.25, 0.3) is 0 Å². The summed E-state index contributed by atoms with van der Waals surface area (Å²) in [6.45, 7) is 2.16. The van der Waals surface area contributed by atoms with Crippen molar-refractivity contribution in [3.8, 4) is 5.75 Å². The SMILES string of the molecule is CCc1cccc(NC)c1OC1CC1. The number of para-hydroxylation sites is 1. The molecule has 0 atom stereocenters. The van der Waals surface area contributed by atoms with E-state index in [9.17, 15) is 0 Å². The monoisotopic (exact) mass is 191 g/mol. The van der Waals surface area contributed by atoms with Crippen molar-refractivity contribution in [2.45, 2.75) is 32.3 Å². The molecule has 2 rings (SSSR count). The second-order valence-electron chi connectivity index (χ2n) is 3.71. The van der Waals surface area contributed by atoms with Crippen LogP contribution in [0.4, 0.5) is 5.69 Å². The lowest BCUT2D eigenvalue weighted by molar-refractivity contribution is 0.302. The number of aryl methyl sites for hydroxylation is 1. The van der Waals surface area contributed by atoms with Gasteiger partial charge in [-0.15, -0.1) is 0 Å². The molecule has 0 unspecified atom stereocenters. The second-order valence-corrected chi connectivity index (χ2v) is 3.71. The van der Waals surface area contributed by atoms with Gasteiger partial charge in [-0.3, -0.25) is 0 Å². The van der Waals surface area contributed by atoms with Crippen molar-refractivity contribution >= 4 is 5.69 Å². The van der Waals surface area contributed by atoms with Gasteiger partial charge in [-0.1, -0.05) is 19.1 Å². The number of benzene rings is 1. The molecular formula is C12H17NO. The topological polar surface area (TPSA) is 21.3 Å². The summed E-state index contributed by atoms with van der Waals surface area (Å²) < 4.78 is 5.91. The molecule has 0 radical (unpaired) electrons. The minimum atomic E-state index is 0.467. The number of nitrogens with one attached hydrogen (secondary N) is 1. The minimum Gasteiger partial charge on any atom is -0.488 e. The average molecular weight is 191 g/mol. The summed E-state index contributed by atoms with van der Waals surface area (Å²) in [5.41, 5.74) is 2.40. The van der Waals surface area contributed by atoms with Gasteiger partial charge in [0, 0.05) is 7.05 Å². The first kappa shape index (κ1) is 9.38. The fourth-order valence-corrected chi connectivity index (χ4v) is 1.55. The van der Waals surface area contributed by atoms with E-state index in [1.807, 2.05) is 7.05 Å². The molecule has 1 aliphatic rings. The molecule has 1 aliphatic carbocycles. The Bertz CT molecular complexity index is 296. The van der Waals surface area contributed by atoms with Gasteiger partial charge in [0.15, 0.2) is 0 Å². The standard InChI is InChI=1S/C12H17NO/c1-3-9-5-4-6-11(13-2)12(9)14-10-7-8-10/h4-6,10,13H,3,7-8H2,1-2H3. The number of hydrogen-bond donors (Lipinski definition) is 1. The summed E-state index contributed by atoms with van der Waals surface area (Å²) in [5.74, 6) is 1.06. The first-order valence-electron chi connectivity index (χ1n) is 5.31. The van der Waals surface area contributed by atoms with E-state index in [-0.39, 0.29) is 0 Å². The number of hydrogen-bond acceptors (Lipinski definition) is 2. The van der Waals surface area contributed by atoms with Crippen molar-refractivity contribution in [1.82, 2.24) is 0 Å². The van der Waals surface area contributed by atoms with Crippen LogP contribution in [0, 0.1) is 0 Å². The van der Waals surface area contributed by atoms with Crippen molar-refractivity contribution in [3.63, 3.8) is 0 Å². The maximum atomic E-state index is 5.91. The molecule has 0 heterocycles. The lowest BCUT2D eigenvalue weighted by Gasteiger charge is -2.14. The van der Waals surface area contributed by atoms with E-state index >= 15 is 0 Å². The number of rotatable bonds is 4. The lowest BCUT2D eigenvalue weighted by atomic mass is 10.1. The normalized spacial score (nSPS) is 15.3. The fraction of sp³-hybridized carbons (Fsp3) is 0.500. The van der Waals surface area contributed by atoms with Crippen molar-refractivity contribution in [2.24, 2.45) is 0 Å². The Morgan fingerprint density at radius 3 is 2.79 bits per heavy atom. The van der Waals surface area contributed by atoms with Crippen molar-refractivity contribution in [3.05, 3.63) is 23.8 Å². The van der Waals surface area contributed by atoms with Crippen LogP contribution in [-0.2, 0) is 6.42 Å². The van der Waals surface area contributed by atoms with Gasteiger partial charge >= 0.3 is 0 Å². The summed E-state index contributed by atoms with van der Waals surface area (Å²) in [6.07, 6.45) is 3.91. The summed E-state index contributed by atoms with van der Waals surface area (Å²) in [4.78, 5) is 0. The molecular weight excluding hydrogens is 174 g/mol. The first-order valence-corrected chi connectivity index (χ1v) is 5.31. The minimum absolute atomic E-state index is 0.467. The molecule has 2 heteroatoms. The van der Waals surface area contributed by atoms with Gasteiger partial charge in [0.05, 0.1) is 11.8 Å². The smallest absolute Gasteiger partial charge is 0.145 e. The van der Waals surface area contributed by atoms with Gasteiger partial charge < -0.3 is 10.1 Å². The summed E-state index contributed by atoms with van der Waals surface area (Å²) in [6, 6.07) is 6.28. The van der Waals surface area contributed by atoms with E-state index in [0.717, 1.165) is 17.9 Å². The Hall–Kier alpha value is -1.18. The van der Waals surface area contributed by atoms with Crippen LogP contribution >= 0.6 is 0 Å². The molecule has 1 fully saturated rings. The van der Waals surface area contributed by atoms with Gasteiger partial charge in [0.2, 0.25) is 0 Å². The highest BCUT2D eigenvalue weighted by Gasteiger charge is 2.25. The highest BCUT2D eigenvalue weighted by Crippen LogP contribution is 2.34. The predicted molar refractivity (Wildman–Crippen MR) is 59.0 cm³/mol. The average Bonchev–Trinajstić information content (AvgIpc) is 3.02. The molecule has 1 aromatic rings. The number of ether oxygens (including phenoxy) is 1. The van der Waals surface area contributed by atoms with E-state index in [1.165, 1.54) is 18.4 Å². The Kier molecular flexibility index (Phi) is 2.62. The fourth-order valence-electron chi connectivity index (χ4n) is 1.55. The highest BCUT2D eigenvalue weighted by molar-refractivity contribution is 5.60. The Morgan fingerprint density at radius 2 is 2.21 bits per heavy atom. The van der Waals surface area contributed by atoms with Crippen LogP contribution in [0.1, 0.15) is 25.3 Å². The Labute approximate surface area is 85.3 Å². The molecule has 0 amide bonds. The molecule has 1 N–H and O–H groups in total. The third kappa shape index (κ3) is 1.84. The van der Waals surface area contributed by atoms with Crippen molar-refractivity contribution in [2.75, 3.05) is 12.4 Å². The molecule has 0 saturated heterocycles. The van der Waals surface area contributed by atoms with Crippen molar-refractivity contribution in [1.29, 1.82) is 0 Å². The molecule has 0 aliphatic heterocycles. The van der Waals surface area contributed by atoms with Gasteiger partial charge in [-0.2, -0.15) is 0 Å². The number of anilines is 1. The first-order chi connectivity index (χ1) is 6.85. The van der Waals surface area contributed by atoms with Gasteiger partial charge in [-0.05, 0) is 30.9 Å². The van der Waals surface area contributed by atoms with Gasteiger partial charge in [0.25, 0.3) is 0 Å². The Morgan fingerprint density at radius 1 is 1.43 bits per heavy atom. The van der Waals surface area contributed by atoms with E-state index in [1.54, 1.807) is 0 Å². The highest BCUT2D eigenvalue weighted by atomic mass is 16.5. The molecule has 1 saturated carbocycles.